The van der Waals surface area contributed by atoms with Gasteiger partial charge in [-0.3, -0.25) is 14.2 Å². The minimum atomic E-state index is -8.67. The fourth-order valence-electron chi connectivity index (χ4n) is 2.16. The van der Waals surface area contributed by atoms with E-state index in [9.17, 15) is 101 Å². The summed E-state index contributed by atoms with van der Waals surface area (Å²) < 4.78 is 311. The molecule has 0 saturated carbocycles. The summed E-state index contributed by atoms with van der Waals surface area (Å²) in [6.45, 7) is 0. The number of halogens is 23. The Bertz CT molecular complexity index is 1070. The van der Waals surface area contributed by atoms with Crippen molar-refractivity contribution >= 4 is 0 Å². The topological polar surface area (TPSA) is 40.8 Å². The Balaban J connectivity index is 3.86. The zero-order valence-corrected chi connectivity index (χ0v) is 18.1. The van der Waals surface area contributed by atoms with Crippen LogP contribution < -0.4 is 0 Å². The zero-order valence-electron chi connectivity index (χ0n) is 18.1. The smallest absolute Gasteiger partial charge is 0.462 e. The molecule has 42 heavy (non-hydrogen) atoms. The molecule has 3 unspecified atom stereocenters. The first-order valence-corrected chi connectivity index (χ1v) is 8.97. The maximum absolute atomic E-state index is 14.3. The van der Waals surface area contributed by atoms with Crippen LogP contribution in [0.15, 0.2) is 22.8 Å². The van der Waals surface area contributed by atoms with Crippen molar-refractivity contribution in [2.45, 2.75) is 66.5 Å². The summed E-state index contributed by atoms with van der Waals surface area (Å²) in [5.74, 6) is -34.6. The number of alkyl halides is 23. The summed E-state index contributed by atoms with van der Waals surface area (Å²) in [5, 5.41) is 0. The number of hydrogen-bond acceptors (Lipinski definition) is 4. The Labute approximate surface area is 211 Å². The van der Waals surface area contributed by atoms with E-state index in [0.717, 1.165) is 4.74 Å². The molecule has 0 aliphatic carbocycles. The molecule has 0 bridgehead atoms. The molecule has 0 spiro atoms. The lowest BCUT2D eigenvalue weighted by Gasteiger charge is -2.42. The van der Waals surface area contributed by atoms with Crippen LogP contribution in [0.1, 0.15) is 5.76 Å². The molecule has 4 nitrogen and oxygen atoms in total. The number of rotatable bonds is 10. The molecule has 1 rings (SSSR count). The summed E-state index contributed by atoms with van der Waals surface area (Å²) in [5.41, 5.74) is 0. The van der Waals surface area contributed by atoms with E-state index in [2.05, 4.69) is 4.42 Å². The van der Waals surface area contributed by atoms with Crippen molar-refractivity contribution in [1.82, 2.24) is 0 Å². The first-order chi connectivity index (χ1) is 18.0. The maximum Gasteiger partial charge on any atom is 0.462 e. The van der Waals surface area contributed by atoms with Crippen molar-refractivity contribution in [2.24, 2.45) is 0 Å². The predicted molar refractivity (Wildman–Crippen MR) is 76.4 cm³/mol. The third kappa shape index (κ3) is 5.99. The van der Waals surface area contributed by atoms with Gasteiger partial charge in [-0.2, -0.15) is 101 Å². The predicted octanol–water partition coefficient (Wildman–Crippen LogP) is 8.45. The molecule has 0 fully saturated rings. The van der Waals surface area contributed by atoms with E-state index in [-0.39, 0.29) is 12.3 Å². The standard InChI is InChI=1S/C15H3F23O4/c16-5(9(21,22)23,4-2-1-3-39-4)40-14(35,36)7(19,11(27,28)29)42-15(37,38)8(20,12(30,31)32)41-13(33,34)6(17,18)10(24,25)26/h1-3H. The van der Waals surface area contributed by atoms with E-state index in [1.807, 2.05) is 4.74 Å². The monoisotopic (exact) mass is 684 g/mol. The molecule has 0 saturated heterocycles. The summed E-state index contributed by atoms with van der Waals surface area (Å²) >= 11 is 0. The molecule has 27 heteroatoms. The summed E-state index contributed by atoms with van der Waals surface area (Å²) in [7, 11) is 0. The van der Waals surface area contributed by atoms with Gasteiger partial charge in [0.15, 0.2) is 5.76 Å². The second-order valence-electron chi connectivity index (χ2n) is 7.19. The molecule has 0 aliphatic heterocycles. The fraction of sp³-hybridized carbons (Fsp3) is 0.733. The Kier molecular flexibility index (Phi) is 8.99. The highest BCUT2D eigenvalue weighted by molar-refractivity contribution is 5.10. The van der Waals surface area contributed by atoms with Crippen LogP contribution in [-0.4, -0.2) is 60.7 Å². The van der Waals surface area contributed by atoms with Crippen molar-refractivity contribution in [3.05, 3.63) is 24.2 Å². The number of ether oxygens (including phenoxy) is 3. The first-order valence-electron chi connectivity index (χ1n) is 8.97. The largest absolute Gasteiger partial charge is 0.463 e. The Morgan fingerprint density at radius 1 is 0.429 bits per heavy atom. The molecular formula is C15H3F23O4. The fourth-order valence-corrected chi connectivity index (χ4v) is 2.16. The molecule has 3 atom stereocenters. The Morgan fingerprint density at radius 3 is 1.07 bits per heavy atom. The lowest BCUT2D eigenvalue weighted by atomic mass is 10.2. The van der Waals surface area contributed by atoms with Gasteiger partial charge >= 0.3 is 66.5 Å². The van der Waals surface area contributed by atoms with Gasteiger partial charge in [0.25, 0.3) is 0 Å². The van der Waals surface area contributed by atoms with E-state index in [4.69, 9.17) is 0 Å². The third-order valence-electron chi connectivity index (χ3n) is 4.21. The van der Waals surface area contributed by atoms with Crippen LogP contribution in [-0.2, 0) is 20.1 Å². The normalized spacial score (nSPS) is 19.7. The average molecular weight is 684 g/mol. The van der Waals surface area contributed by atoms with Crippen molar-refractivity contribution in [3.63, 3.8) is 0 Å². The highest BCUT2D eigenvalue weighted by atomic mass is 19.4. The van der Waals surface area contributed by atoms with Crippen LogP contribution >= 0.6 is 0 Å². The lowest BCUT2D eigenvalue weighted by molar-refractivity contribution is -0.581. The SMILES string of the molecule is FC(F)(F)C(F)(OC(F)(F)C(F)(OC(F)(F)C(F)(OC(F)(F)C(F)(F)C(F)(F)F)C(F)(F)F)C(F)(F)F)c1ccco1. The number of hydrogen-bond donors (Lipinski definition) is 0. The summed E-state index contributed by atoms with van der Waals surface area (Å²) in [6, 6.07) is -0.289. The molecule has 1 heterocycles. The zero-order chi connectivity index (χ0) is 34.0. The van der Waals surface area contributed by atoms with E-state index >= 15 is 0 Å². The van der Waals surface area contributed by atoms with E-state index in [1.54, 1.807) is 0 Å². The van der Waals surface area contributed by atoms with Crippen LogP contribution in [0, 0.1) is 0 Å². The Morgan fingerprint density at radius 2 is 0.786 bits per heavy atom. The van der Waals surface area contributed by atoms with Crippen LogP contribution in [0.2, 0.25) is 0 Å². The van der Waals surface area contributed by atoms with Crippen molar-refractivity contribution in [1.29, 1.82) is 0 Å². The summed E-state index contributed by atoms with van der Waals surface area (Å²) in [6.07, 6.45) is -56.9. The van der Waals surface area contributed by atoms with Gasteiger partial charge in [0.05, 0.1) is 6.26 Å². The second-order valence-corrected chi connectivity index (χ2v) is 7.19. The molecule has 1 aromatic rings. The van der Waals surface area contributed by atoms with Gasteiger partial charge in [0.2, 0.25) is 0 Å². The highest BCUT2D eigenvalue weighted by Gasteiger charge is 2.88. The van der Waals surface area contributed by atoms with Crippen LogP contribution in [0.4, 0.5) is 101 Å². The average Bonchev–Trinajstić information content (AvgIpc) is 3.24. The molecule has 0 amide bonds. The molecule has 0 aliphatic rings. The van der Waals surface area contributed by atoms with Gasteiger partial charge in [0.1, 0.15) is 0 Å². The van der Waals surface area contributed by atoms with Crippen LogP contribution in [0.25, 0.3) is 0 Å². The minimum Gasteiger partial charge on any atom is -0.463 e. The molecular weight excluding hydrogens is 681 g/mol. The van der Waals surface area contributed by atoms with Crippen molar-refractivity contribution < 1.29 is 120 Å². The highest BCUT2D eigenvalue weighted by Crippen LogP contribution is 2.60. The lowest BCUT2D eigenvalue weighted by Crippen LogP contribution is -2.70. The molecule has 0 radical (unpaired) electrons. The van der Waals surface area contributed by atoms with Crippen LogP contribution in [0.3, 0.4) is 0 Å². The van der Waals surface area contributed by atoms with Gasteiger partial charge in [-0.05, 0) is 12.1 Å². The Hall–Kier alpha value is -2.45. The second kappa shape index (κ2) is 10.0. The third-order valence-corrected chi connectivity index (χ3v) is 4.21. The van der Waals surface area contributed by atoms with Gasteiger partial charge in [-0.1, -0.05) is 0 Å². The van der Waals surface area contributed by atoms with E-state index in [0.29, 0.717) is 0 Å². The van der Waals surface area contributed by atoms with Crippen LogP contribution in [0.5, 0.6) is 0 Å². The summed E-state index contributed by atoms with van der Waals surface area (Å²) in [4.78, 5) is 0. The van der Waals surface area contributed by atoms with Gasteiger partial charge in [0, 0.05) is 0 Å². The van der Waals surface area contributed by atoms with Gasteiger partial charge in [-0.15, -0.1) is 0 Å². The molecule has 0 N–H and O–H groups in total. The molecule has 0 aromatic carbocycles. The minimum absolute atomic E-state index is 0.0803. The molecule has 1 aromatic heterocycles. The van der Waals surface area contributed by atoms with Crippen molar-refractivity contribution in [2.75, 3.05) is 0 Å². The number of furan rings is 1. The van der Waals surface area contributed by atoms with Crippen molar-refractivity contribution in [3.8, 4) is 0 Å². The van der Waals surface area contributed by atoms with Gasteiger partial charge < -0.3 is 4.42 Å². The maximum atomic E-state index is 14.3. The van der Waals surface area contributed by atoms with E-state index < -0.39 is 78.3 Å². The van der Waals surface area contributed by atoms with E-state index in [1.165, 1.54) is 4.74 Å². The van der Waals surface area contributed by atoms with Gasteiger partial charge in [-0.25, -0.2) is 0 Å². The molecule has 248 valence electrons. The quantitative estimate of drug-likeness (QED) is 0.232. The first kappa shape index (κ1) is 37.6.